The monoisotopic (exact) mass is 376 g/mol. The average molecular weight is 377 g/mol. The first kappa shape index (κ1) is 17.4. The molecule has 0 aliphatic carbocycles. The molecule has 0 atom stereocenters. The van der Waals surface area contributed by atoms with Gasteiger partial charge in [-0.3, -0.25) is 4.79 Å². The first-order valence-electron chi connectivity index (χ1n) is 7.57. The topological polar surface area (TPSA) is 67.8 Å². The van der Waals surface area contributed by atoms with Gasteiger partial charge in [0.2, 0.25) is 0 Å². The standard InChI is InChI=1S/C17H14ClFN4OS/c1-2-13-14(25-17(23-13)15-20-6-3-7-21-15)16(24)22-9-10-4-5-11(19)8-12(10)18/h3-8H,2,9H2,1H3,(H,22,24). The Kier molecular flexibility index (Phi) is 5.35. The van der Waals surface area contributed by atoms with Crippen molar-refractivity contribution < 1.29 is 9.18 Å². The fraction of sp³-hybridized carbons (Fsp3) is 0.176. The third-order valence-electron chi connectivity index (χ3n) is 3.45. The van der Waals surface area contributed by atoms with Crippen molar-refractivity contribution >= 4 is 28.8 Å². The molecule has 0 spiro atoms. The van der Waals surface area contributed by atoms with Gasteiger partial charge in [-0.05, 0) is 30.2 Å². The molecule has 0 unspecified atom stereocenters. The number of nitrogens with one attached hydrogen (secondary N) is 1. The van der Waals surface area contributed by atoms with E-state index >= 15 is 0 Å². The largest absolute Gasteiger partial charge is 0.347 e. The third kappa shape index (κ3) is 4.00. The number of aromatic nitrogens is 3. The van der Waals surface area contributed by atoms with Gasteiger partial charge in [-0.1, -0.05) is 24.6 Å². The number of nitrogens with zero attached hydrogens (tertiary/aromatic N) is 3. The number of benzene rings is 1. The van der Waals surface area contributed by atoms with Crippen LogP contribution in [0.3, 0.4) is 0 Å². The molecule has 0 fully saturated rings. The molecular weight excluding hydrogens is 363 g/mol. The maximum atomic E-state index is 13.1. The minimum atomic E-state index is -0.414. The summed E-state index contributed by atoms with van der Waals surface area (Å²) < 4.78 is 13.1. The van der Waals surface area contributed by atoms with Crippen molar-refractivity contribution in [1.82, 2.24) is 20.3 Å². The molecule has 0 saturated heterocycles. The Labute approximate surface area is 152 Å². The van der Waals surface area contributed by atoms with Crippen LogP contribution in [0.15, 0.2) is 36.7 Å². The Hall–Kier alpha value is -2.38. The minimum Gasteiger partial charge on any atom is -0.347 e. The highest BCUT2D eigenvalue weighted by molar-refractivity contribution is 7.17. The summed E-state index contributed by atoms with van der Waals surface area (Å²) in [6, 6.07) is 5.80. The molecule has 0 bridgehead atoms. The summed E-state index contributed by atoms with van der Waals surface area (Å²) in [5.41, 5.74) is 1.33. The van der Waals surface area contributed by atoms with Crippen LogP contribution in [0.4, 0.5) is 4.39 Å². The molecule has 0 saturated carbocycles. The molecule has 1 N–H and O–H groups in total. The Balaban J connectivity index is 1.78. The fourth-order valence-corrected chi connectivity index (χ4v) is 3.45. The number of amides is 1. The van der Waals surface area contributed by atoms with E-state index in [-0.39, 0.29) is 17.5 Å². The Morgan fingerprint density at radius 2 is 2.08 bits per heavy atom. The van der Waals surface area contributed by atoms with E-state index in [4.69, 9.17) is 11.6 Å². The van der Waals surface area contributed by atoms with Gasteiger partial charge in [-0.25, -0.2) is 19.3 Å². The average Bonchev–Trinajstić information content (AvgIpc) is 3.06. The van der Waals surface area contributed by atoms with Gasteiger partial charge in [0.05, 0.1) is 5.69 Å². The minimum absolute atomic E-state index is 0.205. The van der Waals surface area contributed by atoms with Gasteiger partial charge in [-0.2, -0.15) is 0 Å². The third-order valence-corrected chi connectivity index (χ3v) is 4.89. The summed E-state index contributed by atoms with van der Waals surface area (Å²) in [4.78, 5) is 25.8. The Morgan fingerprint density at radius 3 is 2.76 bits per heavy atom. The summed E-state index contributed by atoms with van der Waals surface area (Å²) in [7, 11) is 0. The summed E-state index contributed by atoms with van der Waals surface area (Å²) in [6.07, 6.45) is 3.88. The van der Waals surface area contributed by atoms with Gasteiger partial charge in [0.25, 0.3) is 5.91 Å². The number of hydrogen-bond acceptors (Lipinski definition) is 5. The molecule has 128 valence electrons. The first-order valence-corrected chi connectivity index (χ1v) is 8.77. The lowest BCUT2D eigenvalue weighted by molar-refractivity contribution is 0.0954. The zero-order valence-electron chi connectivity index (χ0n) is 13.3. The van der Waals surface area contributed by atoms with E-state index in [1.807, 2.05) is 6.92 Å². The lowest BCUT2D eigenvalue weighted by Crippen LogP contribution is -2.23. The van der Waals surface area contributed by atoms with Crippen molar-refractivity contribution in [3.05, 3.63) is 63.6 Å². The van der Waals surface area contributed by atoms with Gasteiger partial charge < -0.3 is 5.32 Å². The van der Waals surface area contributed by atoms with Gasteiger partial charge >= 0.3 is 0 Å². The molecule has 3 rings (SSSR count). The van der Waals surface area contributed by atoms with Crippen molar-refractivity contribution in [2.24, 2.45) is 0 Å². The van der Waals surface area contributed by atoms with E-state index in [2.05, 4.69) is 20.3 Å². The van der Waals surface area contributed by atoms with Gasteiger partial charge in [-0.15, -0.1) is 11.3 Å². The van der Waals surface area contributed by atoms with Crippen molar-refractivity contribution in [3.63, 3.8) is 0 Å². The van der Waals surface area contributed by atoms with Crippen LogP contribution < -0.4 is 5.32 Å². The first-order chi connectivity index (χ1) is 12.1. The summed E-state index contributed by atoms with van der Waals surface area (Å²) in [5, 5.41) is 3.67. The maximum absolute atomic E-state index is 13.1. The summed E-state index contributed by atoms with van der Waals surface area (Å²) >= 11 is 7.23. The molecule has 1 amide bonds. The number of carbonyl (C=O) groups is 1. The van der Waals surface area contributed by atoms with E-state index in [9.17, 15) is 9.18 Å². The van der Waals surface area contributed by atoms with Crippen molar-refractivity contribution in [1.29, 1.82) is 0 Å². The van der Waals surface area contributed by atoms with Crippen molar-refractivity contribution in [3.8, 4) is 10.8 Å². The van der Waals surface area contributed by atoms with Crippen LogP contribution in [0.2, 0.25) is 5.02 Å². The Morgan fingerprint density at radius 1 is 1.32 bits per heavy atom. The fourth-order valence-electron chi connectivity index (χ4n) is 2.19. The zero-order valence-corrected chi connectivity index (χ0v) is 14.9. The molecular formula is C17H14ClFN4OS. The molecule has 0 aliphatic rings. The Bertz CT molecular complexity index is 901. The smallest absolute Gasteiger partial charge is 0.263 e. The van der Waals surface area contributed by atoms with Crippen LogP contribution in [0.1, 0.15) is 27.9 Å². The zero-order chi connectivity index (χ0) is 17.8. The molecule has 0 aliphatic heterocycles. The summed E-state index contributed by atoms with van der Waals surface area (Å²) in [6.45, 7) is 2.13. The van der Waals surface area contributed by atoms with Crippen LogP contribution in [-0.4, -0.2) is 20.9 Å². The SMILES string of the molecule is CCc1nc(-c2ncccn2)sc1C(=O)NCc1ccc(F)cc1Cl. The molecule has 8 heteroatoms. The molecule has 0 radical (unpaired) electrons. The quantitative estimate of drug-likeness (QED) is 0.733. The second-order valence-electron chi connectivity index (χ2n) is 5.14. The maximum Gasteiger partial charge on any atom is 0.263 e. The molecule has 1 aromatic carbocycles. The summed E-state index contributed by atoms with van der Waals surface area (Å²) in [5.74, 6) is -0.178. The van der Waals surface area contributed by atoms with Crippen LogP contribution in [0.25, 0.3) is 10.8 Å². The molecule has 2 heterocycles. The second-order valence-corrected chi connectivity index (χ2v) is 6.55. The number of thiazole rings is 1. The molecule has 25 heavy (non-hydrogen) atoms. The second kappa shape index (κ2) is 7.67. The lowest BCUT2D eigenvalue weighted by atomic mass is 10.2. The van der Waals surface area contributed by atoms with Crippen molar-refractivity contribution in [2.45, 2.75) is 19.9 Å². The highest BCUT2D eigenvalue weighted by Gasteiger charge is 2.19. The van der Waals surface area contributed by atoms with Crippen LogP contribution >= 0.6 is 22.9 Å². The van der Waals surface area contributed by atoms with Crippen molar-refractivity contribution in [2.75, 3.05) is 0 Å². The lowest BCUT2D eigenvalue weighted by Gasteiger charge is -2.06. The normalized spacial score (nSPS) is 10.7. The number of rotatable bonds is 5. The predicted molar refractivity (Wildman–Crippen MR) is 95.1 cm³/mol. The van der Waals surface area contributed by atoms with E-state index in [1.165, 1.54) is 23.5 Å². The number of carbonyl (C=O) groups excluding carboxylic acids is 1. The molecule has 2 aromatic heterocycles. The highest BCUT2D eigenvalue weighted by atomic mass is 35.5. The number of halogens is 2. The van der Waals surface area contributed by atoms with Gasteiger partial charge in [0.1, 0.15) is 10.7 Å². The predicted octanol–water partition coefficient (Wildman–Crippen LogP) is 3.89. The van der Waals surface area contributed by atoms with Crippen LogP contribution in [0.5, 0.6) is 0 Å². The highest BCUT2D eigenvalue weighted by Crippen LogP contribution is 2.26. The van der Waals surface area contributed by atoms with E-state index in [0.29, 0.717) is 33.4 Å². The number of hydrogen-bond donors (Lipinski definition) is 1. The van der Waals surface area contributed by atoms with Crippen LogP contribution in [-0.2, 0) is 13.0 Å². The van der Waals surface area contributed by atoms with Gasteiger partial charge in [0.15, 0.2) is 10.8 Å². The van der Waals surface area contributed by atoms with Gasteiger partial charge in [0, 0.05) is 24.0 Å². The molecule has 5 nitrogen and oxygen atoms in total. The van der Waals surface area contributed by atoms with E-state index in [1.54, 1.807) is 24.5 Å². The number of aryl methyl sites for hydroxylation is 1. The van der Waals surface area contributed by atoms with E-state index < -0.39 is 5.82 Å². The van der Waals surface area contributed by atoms with Crippen LogP contribution in [0, 0.1) is 5.82 Å². The van der Waals surface area contributed by atoms with E-state index in [0.717, 1.165) is 0 Å². The molecule has 3 aromatic rings.